The van der Waals surface area contributed by atoms with Crippen molar-refractivity contribution < 1.29 is 9.18 Å². The molecule has 2 nitrogen and oxygen atoms in total. The summed E-state index contributed by atoms with van der Waals surface area (Å²) in [7, 11) is 0. The maximum absolute atomic E-state index is 12.7. The number of benzene rings is 1. The molecule has 0 heterocycles. The van der Waals surface area contributed by atoms with Crippen molar-refractivity contribution in [2.24, 2.45) is 0 Å². The maximum atomic E-state index is 12.7. The number of ketones is 1. The van der Waals surface area contributed by atoms with Crippen molar-refractivity contribution in [2.45, 2.75) is 32.7 Å². The quantitative estimate of drug-likeness (QED) is 0.593. The van der Waals surface area contributed by atoms with Gasteiger partial charge in [0.25, 0.3) is 0 Å². The molecule has 0 spiro atoms. The van der Waals surface area contributed by atoms with E-state index in [1.165, 1.54) is 24.3 Å². The molecular formula is C13H18FNO. The number of hydrogen-bond acceptors (Lipinski definition) is 2. The molecule has 0 saturated carbocycles. The van der Waals surface area contributed by atoms with Gasteiger partial charge in [-0.15, -0.1) is 0 Å². The van der Waals surface area contributed by atoms with E-state index < -0.39 is 0 Å². The molecule has 0 bridgehead atoms. The Morgan fingerprint density at radius 1 is 1.38 bits per heavy atom. The summed E-state index contributed by atoms with van der Waals surface area (Å²) in [4.78, 5) is 11.9. The van der Waals surface area contributed by atoms with Crippen LogP contribution >= 0.6 is 0 Å². The molecule has 3 heteroatoms. The smallest absolute Gasteiger partial charge is 0.179 e. The zero-order valence-corrected chi connectivity index (χ0v) is 9.79. The van der Waals surface area contributed by atoms with Crippen LogP contribution in [-0.4, -0.2) is 18.4 Å². The molecule has 1 rings (SSSR count). The van der Waals surface area contributed by atoms with Gasteiger partial charge in [-0.05, 0) is 44.2 Å². The molecule has 0 radical (unpaired) electrons. The van der Waals surface area contributed by atoms with E-state index in [1.807, 2.05) is 6.92 Å². The fourth-order valence-electron chi connectivity index (χ4n) is 1.45. The second-order valence-corrected chi connectivity index (χ2v) is 3.90. The Balaban J connectivity index is 2.53. The molecule has 0 aromatic heterocycles. The lowest BCUT2D eigenvalue weighted by molar-refractivity contribution is 0.0951. The van der Waals surface area contributed by atoms with Crippen molar-refractivity contribution in [3.05, 3.63) is 35.6 Å². The summed E-state index contributed by atoms with van der Waals surface area (Å²) >= 11 is 0. The van der Waals surface area contributed by atoms with E-state index in [9.17, 15) is 9.18 Å². The van der Waals surface area contributed by atoms with Crippen molar-refractivity contribution in [1.29, 1.82) is 0 Å². The summed E-state index contributed by atoms with van der Waals surface area (Å²) in [5.41, 5.74) is 0.554. The van der Waals surface area contributed by atoms with Crippen LogP contribution in [-0.2, 0) is 0 Å². The topological polar surface area (TPSA) is 29.1 Å². The number of hydrogen-bond donors (Lipinski definition) is 1. The van der Waals surface area contributed by atoms with Gasteiger partial charge in [-0.1, -0.05) is 13.3 Å². The Labute approximate surface area is 95.9 Å². The minimum absolute atomic E-state index is 0.0103. The van der Waals surface area contributed by atoms with E-state index in [1.54, 1.807) is 0 Å². The Kier molecular flexibility index (Phi) is 5.12. The summed E-state index contributed by atoms with van der Waals surface area (Å²) in [5, 5.41) is 3.15. The van der Waals surface area contributed by atoms with E-state index in [0.717, 1.165) is 19.4 Å². The van der Waals surface area contributed by atoms with Crippen LogP contribution < -0.4 is 5.32 Å². The van der Waals surface area contributed by atoms with Gasteiger partial charge in [-0.2, -0.15) is 0 Å². The van der Waals surface area contributed by atoms with Crippen molar-refractivity contribution in [3.63, 3.8) is 0 Å². The van der Waals surface area contributed by atoms with E-state index >= 15 is 0 Å². The highest BCUT2D eigenvalue weighted by molar-refractivity contribution is 5.99. The summed E-state index contributed by atoms with van der Waals surface area (Å²) in [5.74, 6) is -0.306. The van der Waals surface area contributed by atoms with Gasteiger partial charge in [0.15, 0.2) is 5.78 Å². The number of unbranched alkanes of at least 4 members (excludes halogenated alkanes) is 1. The number of Topliss-reactive ketones (excluding diaryl/α,β-unsaturated/α-hetero) is 1. The van der Waals surface area contributed by atoms with Crippen molar-refractivity contribution >= 4 is 5.78 Å². The highest BCUT2D eigenvalue weighted by Gasteiger charge is 2.13. The molecular weight excluding hydrogens is 205 g/mol. The van der Waals surface area contributed by atoms with Crippen molar-refractivity contribution in [1.82, 2.24) is 5.32 Å². The number of carbonyl (C=O) groups excluding carboxylic acids is 1. The standard InChI is InChI=1S/C13H18FNO/c1-3-4-9-15-10(2)13(16)11-5-7-12(14)8-6-11/h5-8,10,15H,3-4,9H2,1-2H3. The second-order valence-electron chi connectivity index (χ2n) is 3.90. The van der Waals surface area contributed by atoms with Crippen LogP contribution in [0.1, 0.15) is 37.0 Å². The third kappa shape index (κ3) is 3.74. The predicted molar refractivity (Wildman–Crippen MR) is 63.1 cm³/mol. The average Bonchev–Trinajstić information content (AvgIpc) is 2.29. The molecule has 0 aliphatic carbocycles. The van der Waals surface area contributed by atoms with Gasteiger partial charge in [-0.25, -0.2) is 4.39 Å². The first-order valence-electron chi connectivity index (χ1n) is 5.68. The highest BCUT2D eigenvalue weighted by Crippen LogP contribution is 2.06. The van der Waals surface area contributed by atoms with Gasteiger partial charge in [0.1, 0.15) is 5.82 Å². The van der Waals surface area contributed by atoms with Gasteiger partial charge in [-0.3, -0.25) is 4.79 Å². The Hall–Kier alpha value is -1.22. The minimum atomic E-state index is -0.317. The largest absolute Gasteiger partial charge is 0.307 e. The molecule has 1 aromatic carbocycles. The Morgan fingerprint density at radius 3 is 2.56 bits per heavy atom. The van der Waals surface area contributed by atoms with Crippen LogP contribution in [0.25, 0.3) is 0 Å². The zero-order valence-electron chi connectivity index (χ0n) is 9.79. The molecule has 0 saturated heterocycles. The van der Waals surface area contributed by atoms with E-state index in [-0.39, 0.29) is 17.6 Å². The van der Waals surface area contributed by atoms with E-state index in [0.29, 0.717) is 5.56 Å². The Bertz CT molecular complexity index is 334. The molecule has 88 valence electrons. The lowest BCUT2D eigenvalue weighted by atomic mass is 10.1. The molecule has 0 amide bonds. The number of halogens is 1. The molecule has 0 aliphatic rings. The summed E-state index contributed by atoms with van der Waals surface area (Å²) < 4.78 is 12.7. The first-order chi connectivity index (χ1) is 7.65. The van der Waals surface area contributed by atoms with Gasteiger partial charge in [0, 0.05) is 5.56 Å². The number of carbonyl (C=O) groups is 1. The molecule has 0 aliphatic heterocycles. The molecule has 1 N–H and O–H groups in total. The van der Waals surface area contributed by atoms with E-state index in [4.69, 9.17) is 0 Å². The van der Waals surface area contributed by atoms with Crippen LogP contribution in [0, 0.1) is 5.82 Å². The van der Waals surface area contributed by atoms with Gasteiger partial charge < -0.3 is 5.32 Å². The van der Waals surface area contributed by atoms with Gasteiger partial charge in [0.05, 0.1) is 6.04 Å². The molecule has 0 fully saturated rings. The highest BCUT2D eigenvalue weighted by atomic mass is 19.1. The maximum Gasteiger partial charge on any atom is 0.179 e. The first-order valence-corrected chi connectivity index (χ1v) is 5.68. The lowest BCUT2D eigenvalue weighted by Gasteiger charge is -2.12. The minimum Gasteiger partial charge on any atom is -0.307 e. The predicted octanol–water partition coefficient (Wildman–Crippen LogP) is 2.79. The van der Waals surface area contributed by atoms with Crippen LogP contribution in [0.3, 0.4) is 0 Å². The first kappa shape index (κ1) is 12.8. The van der Waals surface area contributed by atoms with Crippen LogP contribution in [0.4, 0.5) is 4.39 Å². The van der Waals surface area contributed by atoms with Gasteiger partial charge in [0.2, 0.25) is 0 Å². The van der Waals surface area contributed by atoms with Crippen LogP contribution in [0.15, 0.2) is 24.3 Å². The van der Waals surface area contributed by atoms with Crippen LogP contribution in [0.5, 0.6) is 0 Å². The normalized spacial score (nSPS) is 12.4. The second kappa shape index (κ2) is 6.38. The van der Waals surface area contributed by atoms with Gasteiger partial charge >= 0.3 is 0 Å². The lowest BCUT2D eigenvalue weighted by Crippen LogP contribution is -2.34. The van der Waals surface area contributed by atoms with Crippen LogP contribution in [0.2, 0.25) is 0 Å². The summed E-state index contributed by atoms with van der Waals surface area (Å²) in [6, 6.07) is 5.46. The summed E-state index contributed by atoms with van der Waals surface area (Å²) in [6.07, 6.45) is 2.16. The molecule has 1 unspecified atom stereocenters. The monoisotopic (exact) mass is 223 g/mol. The summed E-state index contributed by atoms with van der Waals surface area (Å²) in [6.45, 7) is 4.78. The van der Waals surface area contributed by atoms with Crippen molar-refractivity contribution in [2.75, 3.05) is 6.54 Å². The number of nitrogens with one attached hydrogen (secondary N) is 1. The molecule has 16 heavy (non-hydrogen) atoms. The average molecular weight is 223 g/mol. The SMILES string of the molecule is CCCCNC(C)C(=O)c1ccc(F)cc1. The van der Waals surface area contributed by atoms with E-state index in [2.05, 4.69) is 12.2 Å². The third-order valence-corrected chi connectivity index (χ3v) is 2.50. The third-order valence-electron chi connectivity index (χ3n) is 2.50. The molecule has 1 atom stereocenters. The number of rotatable bonds is 6. The Morgan fingerprint density at radius 2 is 2.00 bits per heavy atom. The fourth-order valence-corrected chi connectivity index (χ4v) is 1.45. The van der Waals surface area contributed by atoms with Crippen molar-refractivity contribution in [3.8, 4) is 0 Å². The zero-order chi connectivity index (χ0) is 12.0. The molecule has 1 aromatic rings. The fraction of sp³-hybridized carbons (Fsp3) is 0.462.